The van der Waals surface area contributed by atoms with E-state index in [0.717, 1.165) is 19.4 Å². The number of hydrogen-bond donors (Lipinski definition) is 1. The number of aromatic nitrogens is 2. The second kappa shape index (κ2) is 7.83. The standard InChI is InChI=1S/C15H24N4O3S/c1-3-5-12-10-19(8-9-23(2,21)22)11-14(12)17-15(20)13-6-4-7-16-18-13/h4,6-7,12,14H,3,5,8-11H2,1-2H3,(H,17,20)/t12-,14-/m0/s1. The zero-order valence-electron chi connectivity index (χ0n) is 13.6. The molecule has 0 radical (unpaired) electrons. The first-order valence-electron chi connectivity index (χ1n) is 7.87. The van der Waals surface area contributed by atoms with Crippen molar-refractivity contribution < 1.29 is 13.2 Å². The third-order valence-corrected chi connectivity index (χ3v) is 5.00. The van der Waals surface area contributed by atoms with Crippen molar-refractivity contribution in [2.45, 2.75) is 25.8 Å². The highest BCUT2D eigenvalue weighted by Gasteiger charge is 2.33. The average molecular weight is 340 g/mol. The number of likely N-dealkylation sites (tertiary alicyclic amines) is 1. The Morgan fingerprint density at radius 3 is 2.83 bits per heavy atom. The Morgan fingerprint density at radius 2 is 2.22 bits per heavy atom. The van der Waals surface area contributed by atoms with Gasteiger partial charge in [0, 0.05) is 38.1 Å². The van der Waals surface area contributed by atoms with Crippen LogP contribution in [-0.4, -0.2) is 67.1 Å². The molecule has 1 aliphatic rings. The van der Waals surface area contributed by atoms with E-state index in [-0.39, 0.29) is 17.7 Å². The van der Waals surface area contributed by atoms with Crippen molar-refractivity contribution in [2.24, 2.45) is 5.92 Å². The van der Waals surface area contributed by atoms with E-state index in [1.54, 1.807) is 12.1 Å². The van der Waals surface area contributed by atoms with E-state index >= 15 is 0 Å². The maximum absolute atomic E-state index is 12.2. The Labute approximate surface area is 137 Å². The smallest absolute Gasteiger partial charge is 0.272 e. The molecule has 0 spiro atoms. The van der Waals surface area contributed by atoms with Gasteiger partial charge in [-0.15, -0.1) is 5.10 Å². The van der Waals surface area contributed by atoms with Crippen molar-refractivity contribution in [1.82, 2.24) is 20.4 Å². The highest BCUT2D eigenvalue weighted by Crippen LogP contribution is 2.22. The fraction of sp³-hybridized carbons (Fsp3) is 0.667. The van der Waals surface area contributed by atoms with E-state index in [9.17, 15) is 13.2 Å². The van der Waals surface area contributed by atoms with Gasteiger partial charge in [-0.2, -0.15) is 5.10 Å². The fourth-order valence-corrected chi connectivity index (χ4v) is 3.52. The summed E-state index contributed by atoms with van der Waals surface area (Å²) in [7, 11) is -2.97. The van der Waals surface area contributed by atoms with Gasteiger partial charge in [0.15, 0.2) is 5.69 Å². The van der Waals surface area contributed by atoms with Gasteiger partial charge < -0.3 is 5.32 Å². The molecule has 7 nitrogen and oxygen atoms in total. The summed E-state index contributed by atoms with van der Waals surface area (Å²) in [5, 5.41) is 10.6. The van der Waals surface area contributed by atoms with E-state index in [0.29, 0.717) is 24.7 Å². The predicted molar refractivity (Wildman–Crippen MR) is 87.8 cm³/mol. The van der Waals surface area contributed by atoms with Crippen molar-refractivity contribution in [3.05, 3.63) is 24.0 Å². The molecule has 1 aromatic heterocycles. The van der Waals surface area contributed by atoms with Gasteiger partial charge >= 0.3 is 0 Å². The molecule has 0 bridgehead atoms. The molecular formula is C15H24N4O3S. The lowest BCUT2D eigenvalue weighted by atomic mass is 9.98. The molecule has 2 heterocycles. The minimum Gasteiger partial charge on any atom is -0.346 e. The van der Waals surface area contributed by atoms with E-state index in [1.165, 1.54) is 12.5 Å². The zero-order valence-corrected chi connectivity index (χ0v) is 14.4. The molecule has 8 heteroatoms. The van der Waals surface area contributed by atoms with Crippen molar-refractivity contribution >= 4 is 15.7 Å². The van der Waals surface area contributed by atoms with Crippen molar-refractivity contribution in [3.63, 3.8) is 0 Å². The molecule has 1 saturated heterocycles. The first-order chi connectivity index (χ1) is 10.9. The van der Waals surface area contributed by atoms with Crippen molar-refractivity contribution in [2.75, 3.05) is 31.6 Å². The topological polar surface area (TPSA) is 92.3 Å². The number of rotatable bonds is 7. The molecule has 1 aromatic rings. The second-order valence-corrected chi connectivity index (χ2v) is 8.39. The molecule has 0 saturated carbocycles. The maximum atomic E-state index is 12.2. The van der Waals surface area contributed by atoms with Crippen LogP contribution in [0.3, 0.4) is 0 Å². The van der Waals surface area contributed by atoms with Gasteiger partial charge in [-0.1, -0.05) is 13.3 Å². The van der Waals surface area contributed by atoms with Gasteiger partial charge in [0.2, 0.25) is 0 Å². The van der Waals surface area contributed by atoms with Crippen molar-refractivity contribution in [1.29, 1.82) is 0 Å². The number of sulfone groups is 1. The first kappa shape index (κ1) is 17.8. The summed E-state index contributed by atoms with van der Waals surface area (Å²) in [4.78, 5) is 14.4. The third kappa shape index (κ3) is 5.54. The predicted octanol–water partition coefficient (Wildman–Crippen LogP) is 0.352. The van der Waals surface area contributed by atoms with Gasteiger partial charge in [-0.25, -0.2) is 8.42 Å². The molecule has 1 fully saturated rings. The number of amides is 1. The third-order valence-electron chi connectivity index (χ3n) is 4.08. The van der Waals surface area contributed by atoms with Crippen LogP contribution in [0.4, 0.5) is 0 Å². The Balaban J connectivity index is 1.97. The Bertz CT molecular complexity index is 621. The molecule has 0 unspecified atom stereocenters. The zero-order chi connectivity index (χ0) is 16.9. The Hall–Kier alpha value is -1.54. The normalized spacial score (nSPS) is 22.2. The SMILES string of the molecule is CCC[C@H]1CN(CCS(C)(=O)=O)C[C@@H]1NC(=O)c1cccnn1. The van der Waals surface area contributed by atoms with Gasteiger partial charge in [0.1, 0.15) is 9.84 Å². The highest BCUT2D eigenvalue weighted by molar-refractivity contribution is 7.90. The lowest BCUT2D eigenvalue weighted by Gasteiger charge is -2.18. The summed E-state index contributed by atoms with van der Waals surface area (Å²) >= 11 is 0. The largest absolute Gasteiger partial charge is 0.346 e. The molecule has 23 heavy (non-hydrogen) atoms. The molecule has 128 valence electrons. The molecule has 1 amide bonds. The summed E-state index contributed by atoms with van der Waals surface area (Å²) in [6.45, 7) is 4.11. The minimum absolute atomic E-state index is 0.0176. The average Bonchev–Trinajstić information content (AvgIpc) is 2.88. The summed E-state index contributed by atoms with van der Waals surface area (Å²) in [6.07, 6.45) is 4.81. The lowest BCUT2D eigenvalue weighted by molar-refractivity contribution is 0.0923. The van der Waals surface area contributed by atoms with Crippen LogP contribution < -0.4 is 5.32 Å². The molecule has 1 aliphatic heterocycles. The summed E-state index contributed by atoms with van der Waals surface area (Å²) in [6, 6.07) is 3.33. The van der Waals surface area contributed by atoms with Crippen LogP contribution in [0.25, 0.3) is 0 Å². The quantitative estimate of drug-likeness (QED) is 0.770. The van der Waals surface area contributed by atoms with Crippen LogP contribution in [0, 0.1) is 5.92 Å². The van der Waals surface area contributed by atoms with Gasteiger partial charge in [0.05, 0.1) is 5.75 Å². The van der Waals surface area contributed by atoms with Crippen LogP contribution in [0.2, 0.25) is 0 Å². The van der Waals surface area contributed by atoms with Crippen LogP contribution in [0.15, 0.2) is 18.3 Å². The summed E-state index contributed by atoms with van der Waals surface area (Å²) < 4.78 is 22.7. The molecule has 0 aromatic carbocycles. The van der Waals surface area contributed by atoms with Gasteiger partial charge in [-0.3, -0.25) is 9.69 Å². The number of nitrogens with zero attached hydrogens (tertiary/aromatic N) is 3. The minimum atomic E-state index is -2.97. The van der Waals surface area contributed by atoms with Gasteiger partial charge in [0.25, 0.3) is 5.91 Å². The molecule has 0 aliphatic carbocycles. The second-order valence-electron chi connectivity index (χ2n) is 6.13. The van der Waals surface area contributed by atoms with E-state index in [1.807, 2.05) is 0 Å². The number of hydrogen-bond acceptors (Lipinski definition) is 6. The monoisotopic (exact) mass is 340 g/mol. The Morgan fingerprint density at radius 1 is 1.43 bits per heavy atom. The molecule has 2 rings (SSSR count). The number of nitrogens with one attached hydrogen (secondary N) is 1. The van der Waals surface area contributed by atoms with Crippen LogP contribution in [0.1, 0.15) is 30.3 Å². The van der Waals surface area contributed by atoms with Crippen LogP contribution in [-0.2, 0) is 9.84 Å². The van der Waals surface area contributed by atoms with Crippen LogP contribution in [0.5, 0.6) is 0 Å². The Kier molecular flexibility index (Phi) is 6.06. The number of carbonyl (C=O) groups is 1. The molecule has 2 atom stereocenters. The highest BCUT2D eigenvalue weighted by atomic mass is 32.2. The van der Waals surface area contributed by atoms with Crippen LogP contribution >= 0.6 is 0 Å². The van der Waals surface area contributed by atoms with Crippen molar-refractivity contribution in [3.8, 4) is 0 Å². The van der Waals surface area contributed by atoms with E-state index < -0.39 is 9.84 Å². The molecular weight excluding hydrogens is 316 g/mol. The van der Waals surface area contributed by atoms with E-state index in [2.05, 4.69) is 27.3 Å². The summed E-state index contributed by atoms with van der Waals surface area (Å²) in [5.41, 5.74) is 0.303. The van der Waals surface area contributed by atoms with Gasteiger partial charge in [-0.05, 0) is 24.5 Å². The molecule has 1 N–H and O–H groups in total. The van der Waals surface area contributed by atoms with E-state index in [4.69, 9.17) is 0 Å². The first-order valence-corrected chi connectivity index (χ1v) is 9.93. The maximum Gasteiger partial charge on any atom is 0.272 e. The fourth-order valence-electron chi connectivity index (χ4n) is 2.93. The number of carbonyl (C=O) groups excluding carboxylic acids is 1. The lowest BCUT2D eigenvalue weighted by Crippen LogP contribution is -2.41. The summed E-state index contributed by atoms with van der Waals surface area (Å²) in [5.74, 6) is 0.255.